The van der Waals surface area contributed by atoms with Crippen molar-refractivity contribution in [2.45, 2.75) is 90.6 Å². The second kappa shape index (κ2) is 15.3. The van der Waals surface area contributed by atoms with Crippen LogP contribution in [0.4, 0.5) is 0 Å². The highest BCUT2D eigenvalue weighted by molar-refractivity contribution is 7.31. The highest BCUT2D eigenvalue weighted by Gasteiger charge is 2.20. The van der Waals surface area contributed by atoms with E-state index < -0.39 is 8.24 Å². The summed E-state index contributed by atoms with van der Waals surface area (Å²) in [5, 5.41) is 6.49. The molecule has 4 aromatic carbocycles. The van der Waals surface area contributed by atoms with Gasteiger partial charge in [0.25, 0.3) is 0 Å². The van der Waals surface area contributed by atoms with E-state index in [4.69, 9.17) is 17.7 Å². The summed E-state index contributed by atoms with van der Waals surface area (Å²) in [5.41, 5.74) is 1.46. The fourth-order valence-corrected chi connectivity index (χ4v) is 6.97. The average molecular weight is 587 g/mol. The summed E-state index contributed by atoms with van der Waals surface area (Å²) in [6, 6.07) is 24.9. The third kappa shape index (κ3) is 7.56. The number of rotatable bonds is 15. The van der Waals surface area contributed by atoms with Crippen LogP contribution in [0.5, 0.6) is 0 Å². The van der Waals surface area contributed by atoms with Crippen molar-refractivity contribution in [3.63, 3.8) is 0 Å². The fourth-order valence-electron chi connectivity index (χ4n) is 5.80. The summed E-state index contributed by atoms with van der Waals surface area (Å²) in [6.45, 7) is 4.44. The van der Waals surface area contributed by atoms with Crippen LogP contribution >= 0.6 is 8.24 Å². The molecular formula is C36H43O5P. The largest absolute Gasteiger partial charge is 0.466 e. The molecule has 1 unspecified atom stereocenters. The van der Waals surface area contributed by atoms with E-state index in [1.165, 1.54) is 44.9 Å². The molecule has 5 nitrogen and oxygen atoms in total. The van der Waals surface area contributed by atoms with Crippen molar-refractivity contribution >= 4 is 57.7 Å². The summed E-state index contributed by atoms with van der Waals surface area (Å²) in [5.74, 6) is -0.249. The molecule has 0 aliphatic carbocycles. The molecule has 0 fully saturated rings. The Bertz CT molecular complexity index is 1560. The van der Waals surface area contributed by atoms with Crippen molar-refractivity contribution in [2.24, 2.45) is 0 Å². The summed E-state index contributed by atoms with van der Waals surface area (Å²) in [7, 11) is -1.81. The Morgan fingerprint density at radius 2 is 1.21 bits per heavy atom. The van der Waals surface area contributed by atoms with Crippen molar-refractivity contribution in [1.82, 2.24) is 0 Å². The minimum atomic E-state index is -1.81. The summed E-state index contributed by atoms with van der Waals surface area (Å²) in [6.07, 6.45) is 11.8. The predicted octanol–water partition coefficient (Wildman–Crippen LogP) is 11.3. The van der Waals surface area contributed by atoms with Gasteiger partial charge in [0.05, 0.1) is 19.1 Å². The lowest BCUT2D eigenvalue weighted by Gasteiger charge is -2.15. The number of benzene rings is 4. The minimum Gasteiger partial charge on any atom is -0.466 e. The van der Waals surface area contributed by atoms with Gasteiger partial charge in [0, 0.05) is 10.8 Å². The number of carbonyl (C=O) groups is 1. The molecule has 5 aromatic rings. The van der Waals surface area contributed by atoms with E-state index in [0.717, 1.165) is 62.7 Å². The maximum Gasteiger partial charge on any atom is 0.387 e. The Balaban J connectivity index is 1.46. The van der Waals surface area contributed by atoms with Crippen LogP contribution in [0.1, 0.15) is 84.5 Å². The van der Waals surface area contributed by atoms with Gasteiger partial charge in [0.1, 0.15) is 11.2 Å². The molecular weight excluding hydrogens is 543 g/mol. The highest BCUT2D eigenvalue weighted by atomic mass is 31.1. The topological polar surface area (TPSA) is 61.8 Å². The molecule has 1 aromatic heterocycles. The maximum absolute atomic E-state index is 12.5. The van der Waals surface area contributed by atoms with Crippen LogP contribution in [0.2, 0.25) is 0 Å². The number of carbonyl (C=O) groups excluding carboxylic acids is 1. The Hall–Kier alpha value is -3.27. The van der Waals surface area contributed by atoms with Crippen LogP contribution < -0.4 is 4.52 Å². The predicted molar refractivity (Wildman–Crippen MR) is 175 cm³/mol. The zero-order chi connectivity index (χ0) is 29.1. The van der Waals surface area contributed by atoms with E-state index in [-0.39, 0.29) is 18.5 Å². The molecule has 42 heavy (non-hydrogen) atoms. The smallest absolute Gasteiger partial charge is 0.387 e. The van der Waals surface area contributed by atoms with E-state index >= 15 is 0 Å². The molecule has 1 atom stereocenters. The molecule has 222 valence electrons. The van der Waals surface area contributed by atoms with Gasteiger partial charge >= 0.3 is 14.2 Å². The molecule has 0 radical (unpaired) electrons. The van der Waals surface area contributed by atoms with E-state index in [1.807, 2.05) is 19.1 Å². The molecule has 0 amide bonds. The Morgan fingerprint density at radius 1 is 0.690 bits per heavy atom. The lowest BCUT2D eigenvalue weighted by Crippen LogP contribution is -2.21. The van der Waals surface area contributed by atoms with Gasteiger partial charge in [-0.15, -0.1) is 0 Å². The molecule has 0 spiro atoms. The quantitative estimate of drug-likeness (QED) is 0.0902. The minimum absolute atomic E-state index is 0.186. The van der Waals surface area contributed by atoms with Crippen molar-refractivity contribution in [2.75, 3.05) is 6.61 Å². The van der Waals surface area contributed by atoms with Crippen molar-refractivity contribution in [3.8, 4) is 0 Å². The van der Waals surface area contributed by atoms with Gasteiger partial charge in [-0.25, -0.2) is 0 Å². The van der Waals surface area contributed by atoms with Crippen molar-refractivity contribution < 1.29 is 22.4 Å². The number of fused-ring (bicyclic) bond motifs is 7. The van der Waals surface area contributed by atoms with Gasteiger partial charge in [0.2, 0.25) is 0 Å². The molecule has 6 heteroatoms. The van der Waals surface area contributed by atoms with Gasteiger partial charge in [0.15, 0.2) is 0 Å². The van der Waals surface area contributed by atoms with E-state index in [9.17, 15) is 4.79 Å². The molecule has 0 N–H and O–H groups in total. The van der Waals surface area contributed by atoms with E-state index in [1.54, 1.807) is 0 Å². The van der Waals surface area contributed by atoms with Gasteiger partial charge in [-0.1, -0.05) is 125 Å². The molecule has 0 saturated heterocycles. The number of hydrogen-bond acceptors (Lipinski definition) is 5. The van der Waals surface area contributed by atoms with E-state index in [2.05, 4.69) is 67.6 Å². The standard InChI is InChI=1S/C36H43O5P/c1-3-5-6-7-8-9-10-11-12-19-29(26-34(37)38-4-2)39-42-40-32-24-22-27-17-13-15-20-30(27)35(32)36-31-21-16-14-18-28(31)23-25-33(36)41-42/h13-18,20-25,29H,3-12,19,26H2,1-2H3. The Kier molecular flexibility index (Phi) is 11.0. The first-order valence-electron chi connectivity index (χ1n) is 15.7. The monoisotopic (exact) mass is 586 g/mol. The highest BCUT2D eigenvalue weighted by Crippen LogP contribution is 2.41. The van der Waals surface area contributed by atoms with Crippen LogP contribution in [-0.4, -0.2) is 18.7 Å². The summed E-state index contributed by atoms with van der Waals surface area (Å²) in [4.78, 5) is 12.5. The SMILES string of the molecule is CCCCCCCCCCCC(CC(=O)OCC)Op1oc2ccc3ccccc3c2c2c(ccc3ccccc32)o1. The fraction of sp³-hybridized carbons (Fsp3) is 0.417. The molecule has 0 aliphatic heterocycles. The lowest BCUT2D eigenvalue weighted by atomic mass is 9.99. The molecule has 0 saturated carbocycles. The van der Waals surface area contributed by atoms with Crippen molar-refractivity contribution in [3.05, 3.63) is 72.8 Å². The zero-order valence-electron chi connectivity index (χ0n) is 25.0. The van der Waals surface area contributed by atoms with Gasteiger partial charge in [-0.3, -0.25) is 9.32 Å². The average Bonchev–Trinajstić information content (AvgIpc) is 3.17. The van der Waals surface area contributed by atoms with Crippen molar-refractivity contribution in [1.29, 1.82) is 0 Å². The zero-order valence-corrected chi connectivity index (χ0v) is 25.9. The third-order valence-corrected chi connectivity index (χ3v) is 9.10. The first-order chi connectivity index (χ1) is 20.7. The Labute approximate surface area is 249 Å². The summed E-state index contributed by atoms with van der Waals surface area (Å²) < 4.78 is 24.9. The number of hydrogen-bond donors (Lipinski definition) is 0. The van der Waals surface area contributed by atoms with Crippen LogP contribution in [0.25, 0.3) is 43.5 Å². The second-order valence-electron chi connectivity index (χ2n) is 11.1. The van der Waals surface area contributed by atoms with Crippen LogP contribution in [0, 0.1) is 0 Å². The second-order valence-corrected chi connectivity index (χ2v) is 12.1. The Morgan fingerprint density at radius 3 is 1.76 bits per heavy atom. The first-order valence-corrected chi connectivity index (χ1v) is 16.8. The lowest BCUT2D eigenvalue weighted by molar-refractivity contribution is -0.144. The van der Waals surface area contributed by atoms with Crippen LogP contribution in [-0.2, 0) is 9.53 Å². The number of unbranched alkanes of at least 4 members (excludes halogenated alkanes) is 8. The third-order valence-electron chi connectivity index (χ3n) is 7.94. The van der Waals surface area contributed by atoms with Gasteiger partial charge < -0.3 is 13.1 Å². The number of esters is 1. The van der Waals surface area contributed by atoms with Crippen LogP contribution in [0.3, 0.4) is 0 Å². The first kappa shape index (κ1) is 30.2. The van der Waals surface area contributed by atoms with Crippen LogP contribution in [0.15, 0.2) is 81.2 Å². The number of ether oxygens (including phenoxy) is 1. The normalized spacial score (nSPS) is 12.3. The van der Waals surface area contributed by atoms with Gasteiger partial charge in [-0.2, -0.15) is 0 Å². The van der Waals surface area contributed by atoms with Gasteiger partial charge in [-0.05, 0) is 47.0 Å². The molecule has 0 aliphatic rings. The molecule has 5 rings (SSSR count). The summed E-state index contributed by atoms with van der Waals surface area (Å²) >= 11 is 0. The molecule has 0 bridgehead atoms. The van der Waals surface area contributed by atoms with E-state index in [0.29, 0.717) is 6.61 Å². The maximum atomic E-state index is 12.5. The molecule has 1 heterocycles.